The first kappa shape index (κ1) is 21.5. The minimum absolute atomic E-state index is 0.000581. The Labute approximate surface area is 177 Å². The number of halogens is 1. The monoisotopic (exact) mass is 417 g/mol. The molecule has 2 aromatic rings. The maximum atomic E-state index is 12.2. The minimum atomic E-state index is -0.000581. The largest absolute Gasteiger partial charge is 0.493 e. The zero-order chi connectivity index (χ0) is 20.6. The van der Waals surface area contributed by atoms with E-state index in [1.165, 1.54) is 0 Å². The van der Waals surface area contributed by atoms with Gasteiger partial charge in [-0.25, -0.2) is 0 Å². The molecule has 0 bridgehead atoms. The number of hydrogen-bond donors (Lipinski definition) is 1. The minimum Gasteiger partial charge on any atom is -0.493 e. The number of rotatable bonds is 9. The van der Waals surface area contributed by atoms with Crippen LogP contribution in [0.2, 0.25) is 5.02 Å². The zero-order valence-corrected chi connectivity index (χ0v) is 17.8. The summed E-state index contributed by atoms with van der Waals surface area (Å²) >= 11 is 6.14. The fraction of sp³-hybridized carbons (Fsp3) is 0.435. The molecule has 5 nitrogen and oxygen atoms in total. The molecule has 1 atom stereocenters. The maximum absolute atomic E-state index is 12.2. The van der Waals surface area contributed by atoms with Crippen molar-refractivity contribution in [3.8, 4) is 11.5 Å². The van der Waals surface area contributed by atoms with Gasteiger partial charge in [0.1, 0.15) is 6.61 Å². The zero-order valence-electron chi connectivity index (χ0n) is 17.0. The molecule has 1 aliphatic heterocycles. The van der Waals surface area contributed by atoms with Crippen molar-refractivity contribution in [1.29, 1.82) is 0 Å². The molecule has 0 saturated carbocycles. The lowest BCUT2D eigenvalue weighted by Gasteiger charge is -2.15. The van der Waals surface area contributed by atoms with Crippen molar-refractivity contribution in [2.24, 2.45) is 0 Å². The molecular formula is C23H28ClNO4. The van der Waals surface area contributed by atoms with E-state index >= 15 is 0 Å². The highest BCUT2D eigenvalue weighted by molar-refractivity contribution is 6.31. The number of hydrogen-bond acceptors (Lipinski definition) is 4. The second kappa shape index (κ2) is 10.5. The molecule has 1 N–H and O–H groups in total. The van der Waals surface area contributed by atoms with E-state index in [0.717, 1.165) is 41.2 Å². The molecule has 1 fully saturated rings. The van der Waals surface area contributed by atoms with E-state index in [-0.39, 0.29) is 12.0 Å². The van der Waals surface area contributed by atoms with Crippen LogP contribution in [0.15, 0.2) is 36.4 Å². The quantitative estimate of drug-likeness (QED) is 0.654. The second-order valence-corrected chi connectivity index (χ2v) is 7.70. The summed E-state index contributed by atoms with van der Waals surface area (Å²) in [4.78, 5) is 12.2. The lowest BCUT2D eigenvalue weighted by atomic mass is 10.1. The highest BCUT2D eigenvalue weighted by Gasteiger charge is 2.17. The Bertz CT molecular complexity index is 834. The Morgan fingerprint density at radius 2 is 2.03 bits per heavy atom. The number of benzene rings is 2. The third kappa shape index (κ3) is 6.38. The lowest BCUT2D eigenvalue weighted by molar-refractivity contribution is -0.121. The van der Waals surface area contributed by atoms with E-state index < -0.39 is 0 Å². The molecule has 1 saturated heterocycles. The summed E-state index contributed by atoms with van der Waals surface area (Å²) in [6, 6.07) is 11.6. The van der Waals surface area contributed by atoms with Crippen molar-refractivity contribution in [3.63, 3.8) is 0 Å². The van der Waals surface area contributed by atoms with Crippen LogP contribution in [0.5, 0.6) is 11.5 Å². The SMILES string of the molecule is COc1cc(CNC(=O)CCc2ccc(C)c(Cl)c2)ccc1OCC1CCCO1. The van der Waals surface area contributed by atoms with Gasteiger partial charge in [0.15, 0.2) is 11.5 Å². The van der Waals surface area contributed by atoms with E-state index in [1.807, 2.05) is 43.3 Å². The summed E-state index contributed by atoms with van der Waals surface area (Å²) in [5.41, 5.74) is 3.06. The molecular weight excluding hydrogens is 390 g/mol. The van der Waals surface area contributed by atoms with Crippen molar-refractivity contribution in [2.45, 2.75) is 45.3 Å². The number of nitrogens with one attached hydrogen (secondary N) is 1. The number of carbonyl (C=O) groups is 1. The predicted octanol–water partition coefficient (Wildman–Crippen LogP) is 4.46. The van der Waals surface area contributed by atoms with Crippen molar-refractivity contribution in [2.75, 3.05) is 20.3 Å². The Morgan fingerprint density at radius 1 is 1.21 bits per heavy atom. The summed E-state index contributed by atoms with van der Waals surface area (Å²) in [5.74, 6) is 1.35. The average molecular weight is 418 g/mol. The molecule has 3 rings (SSSR count). The van der Waals surface area contributed by atoms with Gasteiger partial charge in [-0.1, -0.05) is 29.8 Å². The fourth-order valence-electron chi connectivity index (χ4n) is 3.24. The summed E-state index contributed by atoms with van der Waals surface area (Å²) in [5, 5.41) is 3.69. The Morgan fingerprint density at radius 3 is 2.76 bits per heavy atom. The standard InChI is InChI=1S/C23H28ClNO4/c1-16-5-6-17(12-20(16)24)8-10-23(26)25-14-18-7-9-21(22(13-18)27-2)29-15-19-4-3-11-28-19/h5-7,9,12-13,19H,3-4,8,10-11,14-15H2,1-2H3,(H,25,26). The van der Waals surface area contributed by atoms with Crippen LogP contribution in [0.4, 0.5) is 0 Å². The first-order valence-corrected chi connectivity index (χ1v) is 10.4. The van der Waals surface area contributed by atoms with Crippen LogP contribution in [-0.2, 0) is 22.5 Å². The van der Waals surface area contributed by atoms with Crippen LogP contribution in [0.1, 0.15) is 36.0 Å². The molecule has 0 radical (unpaired) electrons. The van der Waals surface area contributed by atoms with Crippen molar-refractivity contribution in [1.82, 2.24) is 5.32 Å². The lowest BCUT2D eigenvalue weighted by Crippen LogP contribution is -2.23. The third-order valence-electron chi connectivity index (χ3n) is 5.04. The fourth-order valence-corrected chi connectivity index (χ4v) is 3.44. The number of carbonyl (C=O) groups excluding carboxylic acids is 1. The van der Waals surface area contributed by atoms with Gasteiger partial charge in [-0.3, -0.25) is 4.79 Å². The highest BCUT2D eigenvalue weighted by atomic mass is 35.5. The number of aryl methyl sites for hydroxylation is 2. The number of amides is 1. The third-order valence-corrected chi connectivity index (χ3v) is 5.45. The van der Waals surface area contributed by atoms with Crippen LogP contribution >= 0.6 is 11.6 Å². The van der Waals surface area contributed by atoms with Gasteiger partial charge in [0.2, 0.25) is 5.91 Å². The van der Waals surface area contributed by atoms with Gasteiger partial charge >= 0.3 is 0 Å². The number of methoxy groups -OCH3 is 1. The Balaban J connectivity index is 1.47. The second-order valence-electron chi connectivity index (χ2n) is 7.29. The molecule has 1 unspecified atom stereocenters. The van der Waals surface area contributed by atoms with Crippen LogP contribution in [-0.4, -0.2) is 32.3 Å². The van der Waals surface area contributed by atoms with Crippen LogP contribution in [0.25, 0.3) is 0 Å². The van der Waals surface area contributed by atoms with Crippen molar-refractivity contribution in [3.05, 3.63) is 58.1 Å². The van der Waals surface area contributed by atoms with Gasteiger partial charge in [0.25, 0.3) is 0 Å². The van der Waals surface area contributed by atoms with E-state index in [9.17, 15) is 4.79 Å². The number of ether oxygens (including phenoxy) is 3. The summed E-state index contributed by atoms with van der Waals surface area (Å²) in [6.07, 6.45) is 3.34. The van der Waals surface area contributed by atoms with Gasteiger partial charge in [0, 0.05) is 24.6 Å². The van der Waals surface area contributed by atoms with Gasteiger partial charge in [-0.2, -0.15) is 0 Å². The summed E-state index contributed by atoms with van der Waals surface area (Å²) in [7, 11) is 1.61. The van der Waals surface area contributed by atoms with E-state index in [2.05, 4.69) is 5.32 Å². The van der Waals surface area contributed by atoms with Crippen LogP contribution in [0.3, 0.4) is 0 Å². The van der Waals surface area contributed by atoms with Gasteiger partial charge in [-0.05, 0) is 61.1 Å². The molecule has 1 heterocycles. The van der Waals surface area contributed by atoms with Gasteiger partial charge in [0.05, 0.1) is 13.2 Å². The molecule has 1 aliphatic rings. The molecule has 0 aromatic heterocycles. The topological polar surface area (TPSA) is 56.8 Å². The predicted molar refractivity (Wildman–Crippen MR) is 114 cm³/mol. The summed E-state index contributed by atoms with van der Waals surface area (Å²) < 4.78 is 16.9. The first-order valence-electron chi connectivity index (χ1n) is 9.98. The van der Waals surface area contributed by atoms with Gasteiger partial charge in [-0.15, -0.1) is 0 Å². The van der Waals surface area contributed by atoms with Crippen molar-refractivity contribution >= 4 is 17.5 Å². The van der Waals surface area contributed by atoms with Crippen molar-refractivity contribution < 1.29 is 19.0 Å². The molecule has 2 aromatic carbocycles. The molecule has 6 heteroatoms. The van der Waals surface area contributed by atoms with Crippen LogP contribution < -0.4 is 14.8 Å². The van der Waals surface area contributed by atoms with E-state index in [1.54, 1.807) is 7.11 Å². The molecule has 0 aliphatic carbocycles. The Kier molecular flexibility index (Phi) is 7.78. The first-order chi connectivity index (χ1) is 14.0. The van der Waals surface area contributed by atoms with Gasteiger partial charge < -0.3 is 19.5 Å². The Hall–Kier alpha value is -2.24. The normalized spacial score (nSPS) is 15.9. The molecule has 29 heavy (non-hydrogen) atoms. The average Bonchev–Trinajstić information content (AvgIpc) is 3.25. The summed E-state index contributed by atoms with van der Waals surface area (Å²) in [6.45, 7) is 3.73. The van der Waals surface area contributed by atoms with E-state index in [4.69, 9.17) is 25.8 Å². The molecule has 1 amide bonds. The van der Waals surface area contributed by atoms with E-state index in [0.29, 0.717) is 37.5 Å². The smallest absolute Gasteiger partial charge is 0.220 e. The maximum Gasteiger partial charge on any atom is 0.220 e. The highest BCUT2D eigenvalue weighted by Crippen LogP contribution is 2.29. The molecule has 156 valence electrons. The molecule has 0 spiro atoms. The van der Waals surface area contributed by atoms with Crippen LogP contribution in [0, 0.1) is 6.92 Å².